The molecule has 1 aromatic rings. The van der Waals surface area contributed by atoms with Gasteiger partial charge in [0.2, 0.25) is 0 Å². The van der Waals surface area contributed by atoms with E-state index >= 15 is 0 Å². The lowest BCUT2D eigenvalue weighted by atomic mass is 9.92. The average Bonchev–Trinajstić information content (AvgIpc) is 2.24. The van der Waals surface area contributed by atoms with Gasteiger partial charge >= 0.3 is 0 Å². The van der Waals surface area contributed by atoms with E-state index < -0.39 is 0 Å². The molecule has 2 atom stereocenters. The molecule has 1 rings (SSSR count). The summed E-state index contributed by atoms with van der Waals surface area (Å²) in [5.74, 6) is 0.657. The molecule has 15 heavy (non-hydrogen) atoms. The van der Waals surface area contributed by atoms with E-state index in [9.17, 15) is 0 Å². The molecule has 0 heterocycles. The maximum absolute atomic E-state index is 3.59. The molecule has 0 radical (unpaired) electrons. The SMILES string of the molecule is CCC(C)C(NC)c1ccc(C)c(Br)c1. The summed E-state index contributed by atoms with van der Waals surface area (Å²) >= 11 is 3.59. The number of nitrogens with one attached hydrogen (secondary N) is 1. The van der Waals surface area contributed by atoms with Gasteiger partial charge in [0.05, 0.1) is 0 Å². The molecular formula is C13H20BrN. The Morgan fingerprint density at radius 2 is 2.07 bits per heavy atom. The lowest BCUT2D eigenvalue weighted by molar-refractivity contribution is 0.400. The van der Waals surface area contributed by atoms with Gasteiger partial charge in [0.1, 0.15) is 0 Å². The molecule has 0 saturated heterocycles. The predicted molar refractivity (Wildman–Crippen MR) is 70.1 cm³/mol. The lowest BCUT2D eigenvalue weighted by Crippen LogP contribution is -2.23. The summed E-state index contributed by atoms with van der Waals surface area (Å²) in [6.45, 7) is 6.64. The summed E-state index contributed by atoms with van der Waals surface area (Å²) in [4.78, 5) is 0. The van der Waals surface area contributed by atoms with E-state index in [4.69, 9.17) is 0 Å². The second kappa shape index (κ2) is 5.66. The molecule has 0 aliphatic rings. The molecular weight excluding hydrogens is 250 g/mol. The zero-order chi connectivity index (χ0) is 11.4. The maximum atomic E-state index is 3.59. The van der Waals surface area contributed by atoms with Crippen LogP contribution in [0.1, 0.15) is 37.4 Å². The Hall–Kier alpha value is -0.340. The van der Waals surface area contributed by atoms with Crippen LogP contribution in [-0.4, -0.2) is 7.05 Å². The van der Waals surface area contributed by atoms with Gasteiger partial charge < -0.3 is 5.32 Å². The van der Waals surface area contributed by atoms with Gasteiger partial charge in [-0.25, -0.2) is 0 Å². The number of benzene rings is 1. The molecule has 0 spiro atoms. The predicted octanol–water partition coefficient (Wildman–Crippen LogP) is 4.06. The average molecular weight is 270 g/mol. The van der Waals surface area contributed by atoms with E-state index in [2.05, 4.69) is 60.2 Å². The summed E-state index contributed by atoms with van der Waals surface area (Å²) < 4.78 is 1.20. The normalized spacial score (nSPS) is 15.0. The molecule has 0 saturated carbocycles. The Kier molecular flexibility index (Phi) is 4.81. The van der Waals surface area contributed by atoms with Crippen molar-refractivity contribution in [3.8, 4) is 0 Å². The quantitative estimate of drug-likeness (QED) is 0.869. The zero-order valence-electron chi connectivity index (χ0n) is 9.97. The van der Waals surface area contributed by atoms with Crippen molar-refractivity contribution in [1.82, 2.24) is 5.32 Å². The van der Waals surface area contributed by atoms with Crippen LogP contribution in [0.4, 0.5) is 0 Å². The van der Waals surface area contributed by atoms with Crippen LogP contribution in [0.15, 0.2) is 22.7 Å². The van der Waals surface area contributed by atoms with E-state index in [0.29, 0.717) is 12.0 Å². The van der Waals surface area contributed by atoms with E-state index in [1.54, 1.807) is 0 Å². The summed E-state index contributed by atoms with van der Waals surface area (Å²) in [7, 11) is 2.03. The summed E-state index contributed by atoms with van der Waals surface area (Å²) in [6.07, 6.45) is 1.19. The Labute approximate surface area is 101 Å². The number of hydrogen-bond donors (Lipinski definition) is 1. The monoisotopic (exact) mass is 269 g/mol. The third-order valence-electron chi connectivity index (χ3n) is 3.08. The smallest absolute Gasteiger partial charge is 0.0343 e. The molecule has 1 aromatic carbocycles. The molecule has 1 N–H and O–H groups in total. The Balaban J connectivity index is 2.97. The highest BCUT2D eigenvalue weighted by Crippen LogP contribution is 2.27. The first-order chi connectivity index (χ1) is 7.10. The third-order valence-corrected chi connectivity index (χ3v) is 3.93. The first-order valence-corrected chi connectivity index (χ1v) is 6.32. The Morgan fingerprint density at radius 1 is 1.40 bits per heavy atom. The van der Waals surface area contributed by atoms with Gasteiger partial charge in [0.25, 0.3) is 0 Å². The van der Waals surface area contributed by atoms with Crippen LogP contribution in [0.3, 0.4) is 0 Å². The van der Waals surface area contributed by atoms with Gasteiger partial charge in [0, 0.05) is 10.5 Å². The van der Waals surface area contributed by atoms with Gasteiger partial charge in [-0.05, 0) is 37.1 Å². The maximum Gasteiger partial charge on any atom is 0.0343 e. The van der Waals surface area contributed by atoms with Crippen LogP contribution in [-0.2, 0) is 0 Å². The van der Waals surface area contributed by atoms with E-state index in [0.717, 1.165) is 0 Å². The number of aryl methyl sites for hydroxylation is 1. The van der Waals surface area contributed by atoms with Crippen LogP contribution in [0, 0.1) is 12.8 Å². The Bertz CT molecular complexity index is 322. The van der Waals surface area contributed by atoms with Crippen LogP contribution < -0.4 is 5.32 Å². The fraction of sp³-hybridized carbons (Fsp3) is 0.538. The van der Waals surface area contributed by atoms with Crippen molar-refractivity contribution >= 4 is 15.9 Å². The third kappa shape index (κ3) is 3.05. The Morgan fingerprint density at radius 3 is 2.53 bits per heavy atom. The molecule has 2 heteroatoms. The highest BCUT2D eigenvalue weighted by Gasteiger charge is 2.16. The van der Waals surface area contributed by atoms with Gasteiger partial charge in [-0.15, -0.1) is 0 Å². The second-order valence-electron chi connectivity index (χ2n) is 4.16. The van der Waals surface area contributed by atoms with Crippen molar-refractivity contribution in [3.05, 3.63) is 33.8 Å². The van der Waals surface area contributed by atoms with Crippen molar-refractivity contribution in [1.29, 1.82) is 0 Å². The minimum absolute atomic E-state index is 0.451. The fourth-order valence-corrected chi connectivity index (χ4v) is 2.21. The molecule has 0 fully saturated rings. The van der Waals surface area contributed by atoms with Gasteiger partial charge in [-0.1, -0.05) is 48.3 Å². The first-order valence-electron chi connectivity index (χ1n) is 5.53. The second-order valence-corrected chi connectivity index (χ2v) is 5.01. The molecule has 0 amide bonds. The van der Waals surface area contributed by atoms with Crippen LogP contribution in [0.2, 0.25) is 0 Å². The highest BCUT2D eigenvalue weighted by molar-refractivity contribution is 9.10. The molecule has 0 bridgehead atoms. The fourth-order valence-electron chi connectivity index (χ4n) is 1.82. The number of halogens is 1. The van der Waals surface area contributed by atoms with Crippen LogP contribution in [0.5, 0.6) is 0 Å². The van der Waals surface area contributed by atoms with E-state index in [1.807, 2.05) is 7.05 Å². The van der Waals surface area contributed by atoms with Crippen molar-refractivity contribution in [2.45, 2.75) is 33.2 Å². The molecule has 0 aliphatic carbocycles. The largest absolute Gasteiger partial charge is 0.313 e. The van der Waals surface area contributed by atoms with Crippen molar-refractivity contribution in [2.24, 2.45) is 5.92 Å². The lowest BCUT2D eigenvalue weighted by Gasteiger charge is -2.23. The molecule has 0 aliphatic heterocycles. The highest BCUT2D eigenvalue weighted by atomic mass is 79.9. The summed E-state index contributed by atoms with van der Waals surface area (Å²) in [5.41, 5.74) is 2.65. The van der Waals surface area contributed by atoms with Crippen LogP contribution in [0.25, 0.3) is 0 Å². The van der Waals surface area contributed by atoms with Crippen molar-refractivity contribution < 1.29 is 0 Å². The number of hydrogen-bond acceptors (Lipinski definition) is 1. The van der Waals surface area contributed by atoms with Gasteiger partial charge in [-0.2, -0.15) is 0 Å². The van der Waals surface area contributed by atoms with Crippen molar-refractivity contribution in [2.75, 3.05) is 7.05 Å². The van der Waals surface area contributed by atoms with Crippen molar-refractivity contribution in [3.63, 3.8) is 0 Å². The molecule has 1 nitrogen and oxygen atoms in total. The van der Waals surface area contributed by atoms with E-state index in [-0.39, 0.29) is 0 Å². The van der Waals surface area contributed by atoms with Gasteiger partial charge in [-0.3, -0.25) is 0 Å². The van der Waals surface area contributed by atoms with Gasteiger partial charge in [0.15, 0.2) is 0 Å². The minimum atomic E-state index is 0.451. The minimum Gasteiger partial charge on any atom is -0.313 e. The summed E-state index contributed by atoms with van der Waals surface area (Å²) in [5, 5.41) is 3.39. The molecule has 84 valence electrons. The van der Waals surface area contributed by atoms with E-state index in [1.165, 1.54) is 22.0 Å². The standard InChI is InChI=1S/C13H20BrN/c1-5-9(2)13(15-4)11-7-6-10(3)12(14)8-11/h6-9,13,15H,5H2,1-4H3. The summed E-state index contributed by atoms with van der Waals surface area (Å²) in [6, 6.07) is 7.06. The number of rotatable bonds is 4. The van der Waals surface area contributed by atoms with Crippen LogP contribution >= 0.6 is 15.9 Å². The molecule has 0 aromatic heterocycles. The topological polar surface area (TPSA) is 12.0 Å². The first kappa shape index (κ1) is 12.7. The zero-order valence-corrected chi connectivity index (χ0v) is 11.6. The molecule has 2 unspecified atom stereocenters.